The predicted octanol–water partition coefficient (Wildman–Crippen LogP) is 1.30. The Balaban J connectivity index is -0.00000000500. The molecule has 0 bridgehead atoms. The van der Waals surface area contributed by atoms with Gasteiger partial charge in [0.25, 0.3) is 0 Å². The molecule has 0 saturated carbocycles. The molecule has 0 N–H and O–H groups in total. The van der Waals surface area contributed by atoms with Gasteiger partial charge in [-0.2, -0.15) is 13.8 Å². The van der Waals surface area contributed by atoms with Crippen molar-refractivity contribution < 1.29 is 17.1 Å². The summed E-state index contributed by atoms with van der Waals surface area (Å²) in [5.74, 6) is 0. The Kier molecular flexibility index (Phi) is 587. The van der Waals surface area contributed by atoms with E-state index in [0.717, 1.165) is 0 Å². The van der Waals surface area contributed by atoms with Crippen LogP contribution in [0.2, 0.25) is 0 Å². The summed E-state index contributed by atoms with van der Waals surface area (Å²) in [6, 6.07) is 0. The van der Waals surface area contributed by atoms with Crippen LogP contribution in [0.1, 0.15) is 13.8 Å². The van der Waals surface area contributed by atoms with Crippen molar-refractivity contribution in [2.75, 3.05) is 0 Å². The summed E-state index contributed by atoms with van der Waals surface area (Å²) in [6.07, 6.45) is 0. The fraction of sp³-hybridized carbons (Fsp3) is 0.500. The quantitative estimate of drug-likeness (QED) is 0.341. The molecule has 0 heterocycles. The Bertz CT molecular complexity index is 7.51. The molecule has 0 aliphatic carbocycles. The molecule has 38 valence electrons. The van der Waals surface area contributed by atoms with E-state index in [4.69, 9.17) is 0 Å². The van der Waals surface area contributed by atoms with Gasteiger partial charge >= 0.3 is 17.1 Å². The zero-order chi connectivity index (χ0) is 4.00. The molecule has 0 aromatic heterocycles. The molecule has 0 unspecified atom stereocenters. The molecule has 0 aromatic carbocycles. The van der Waals surface area contributed by atoms with Crippen molar-refractivity contribution in [3.8, 4) is 0 Å². The second kappa shape index (κ2) is 128. The average Bonchev–Trinajstić information content (AvgIpc) is 1.50. The van der Waals surface area contributed by atoms with E-state index in [0.29, 0.717) is 0 Å². The normalized spacial score (nSPS) is 2.00. The molecule has 0 atom stereocenters. The van der Waals surface area contributed by atoms with Gasteiger partial charge in [-0.3, -0.25) is 0 Å². The third-order valence-electron chi connectivity index (χ3n) is 0. The summed E-state index contributed by atoms with van der Waals surface area (Å²) in [7, 11) is 0. The van der Waals surface area contributed by atoms with Crippen molar-refractivity contribution in [3.63, 3.8) is 0 Å². The van der Waals surface area contributed by atoms with Gasteiger partial charge in [0.1, 0.15) is 0 Å². The van der Waals surface area contributed by atoms with Gasteiger partial charge in [0.15, 0.2) is 0 Å². The summed E-state index contributed by atoms with van der Waals surface area (Å²) >= 11 is 0. The Morgan fingerprint density at radius 1 is 0.833 bits per heavy atom. The fourth-order valence-corrected chi connectivity index (χ4v) is 0. The van der Waals surface area contributed by atoms with Gasteiger partial charge in [-0.05, 0) is 0 Å². The summed E-state index contributed by atoms with van der Waals surface area (Å²) in [4.78, 5) is 0. The molecular formula is C4H10CuLi. The van der Waals surface area contributed by atoms with Crippen LogP contribution in [0.15, 0.2) is 0 Å². The van der Waals surface area contributed by atoms with Gasteiger partial charge in [0, 0.05) is 18.9 Å². The molecule has 0 spiro atoms. The number of hydrogen-bond acceptors (Lipinski definition) is 0. The molecule has 0 aliphatic rings. The first kappa shape index (κ1) is 27.4. The van der Waals surface area contributed by atoms with Crippen LogP contribution in [0.4, 0.5) is 0 Å². The monoisotopic (exact) mass is 128 g/mol. The summed E-state index contributed by atoms with van der Waals surface area (Å²) in [6.45, 7) is 10.0. The Morgan fingerprint density at radius 2 is 0.833 bits per heavy atom. The van der Waals surface area contributed by atoms with Crippen LogP contribution in [0, 0.1) is 13.8 Å². The molecule has 0 aliphatic heterocycles. The second-order valence-corrected chi connectivity index (χ2v) is 0. The van der Waals surface area contributed by atoms with E-state index in [9.17, 15) is 0 Å². The molecule has 0 aromatic rings. The summed E-state index contributed by atoms with van der Waals surface area (Å²) in [5, 5.41) is 0. The van der Waals surface area contributed by atoms with E-state index in [1.807, 2.05) is 0 Å². The minimum absolute atomic E-state index is 0. The van der Waals surface area contributed by atoms with Crippen LogP contribution in [-0.2, 0) is 17.1 Å². The minimum atomic E-state index is 0. The maximum atomic E-state index is 3.25. The predicted molar refractivity (Wildman–Crippen MR) is 27.8 cm³/mol. The van der Waals surface area contributed by atoms with E-state index >= 15 is 0 Å². The van der Waals surface area contributed by atoms with Crippen molar-refractivity contribution >= 4 is 18.9 Å². The third-order valence-corrected chi connectivity index (χ3v) is 0. The third kappa shape index (κ3) is 69.5. The summed E-state index contributed by atoms with van der Waals surface area (Å²) < 4.78 is 0. The van der Waals surface area contributed by atoms with Crippen LogP contribution >= 0.6 is 0 Å². The van der Waals surface area contributed by atoms with Crippen molar-refractivity contribution in [1.29, 1.82) is 0 Å². The molecule has 6 heavy (non-hydrogen) atoms. The minimum Gasteiger partial charge on any atom is -0.346 e. The maximum absolute atomic E-state index is 3.25. The number of rotatable bonds is 0. The molecule has 2 heteroatoms. The first-order valence-electron chi connectivity index (χ1n) is 1.41. The second-order valence-electron chi connectivity index (χ2n) is 0. The van der Waals surface area contributed by atoms with Crippen LogP contribution in [0.5, 0.6) is 0 Å². The Hall–Kier alpha value is 1.12. The standard InChI is InChI=1S/2C2H5.Cu.Li/c2*1-2;;/h2*1H2,2H3;;/q2*-1;+2;. The van der Waals surface area contributed by atoms with Crippen molar-refractivity contribution in [2.24, 2.45) is 0 Å². The average molecular weight is 129 g/mol. The SMILES string of the molecule is [CH2-]C.[CH2-]C.[Cu+2].[Li]. The Morgan fingerprint density at radius 3 is 0.833 bits per heavy atom. The summed E-state index contributed by atoms with van der Waals surface area (Å²) in [5.41, 5.74) is 0. The topological polar surface area (TPSA) is 0 Å². The molecule has 2 radical (unpaired) electrons. The zero-order valence-electron chi connectivity index (χ0n) is 4.72. The van der Waals surface area contributed by atoms with E-state index in [1.54, 1.807) is 13.8 Å². The Labute approximate surface area is 63.7 Å². The van der Waals surface area contributed by atoms with Gasteiger partial charge in [-0.1, -0.05) is 0 Å². The smallest absolute Gasteiger partial charge is 0.346 e. The van der Waals surface area contributed by atoms with Crippen LogP contribution in [-0.4, -0.2) is 18.9 Å². The van der Waals surface area contributed by atoms with Crippen molar-refractivity contribution in [3.05, 3.63) is 13.8 Å². The van der Waals surface area contributed by atoms with Gasteiger partial charge < -0.3 is 13.8 Å². The maximum Gasteiger partial charge on any atom is 2.00 e. The molecule has 0 saturated heterocycles. The van der Waals surface area contributed by atoms with Crippen LogP contribution in [0.25, 0.3) is 0 Å². The molecule has 0 rings (SSSR count). The van der Waals surface area contributed by atoms with Crippen LogP contribution < -0.4 is 0 Å². The van der Waals surface area contributed by atoms with Gasteiger partial charge in [0.05, 0.1) is 0 Å². The van der Waals surface area contributed by atoms with E-state index in [2.05, 4.69) is 13.8 Å². The number of hydrogen-bond donors (Lipinski definition) is 0. The van der Waals surface area contributed by atoms with E-state index < -0.39 is 0 Å². The van der Waals surface area contributed by atoms with E-state index in [1.165, 1.54) is 0 Å². The van der Waals surface area contributed by atoms with E-state index in [-0.39, 0.29) is 35.9 Å². The molecule has 0 fully saturated rings. The first-order chi connectivity index (χ1) is 2.00. The largest absolute Gasteiger partial charge is 2.00 e. The van der Waals surface area contributed by atoms with Gasteiger partial charge in [-0.15, -0.1) is 0 Å². The van der Waals surface area contributed by atoms with Crippen LogP contribution in [0.3, 0.4) is 0 Å². The molecule has 0 nitrogen and oxygen atoms in total. The fourth-order valence-electron chi connectivity index (χ4n) is 0. The molecular weight excluding hydrogens is 119 g/mol. The first-order valence-corrected chi connectivity index (χ1v) is 1.41. The van der Waals surface area contributed by atoms with Gasteiger partial charge in [-0.25, -0.2) is 0 Å². The van der Waals surface area contributed by atoms with Gasteiger partial charge in [0.2, 0.25) is 0 Å². The molecule has 0 amide bonds. The van der Waals surface area contributed by atoms with Crippen molar-refractivity contribution in [2.45, 2.75) is 13.8 Å². The van der Waals surface area contributed by atoms with Crippen molar-refractivity contribution in [1.82, 2.24) is 0 Å². The zero-order valence-corrected chi connectivity index (χ0v) is 5.66.